The summed E-state index contributed by atoms with van der Waals surface area (Å²) in [7, 11) is 0. The van der Waals surface area contributed by atoms with E-state index >= 15 is 0 Å². The Kier molecular flexibility index (Phi) is 6.49. The number of amides is 1. The molecule has 174 valence electrons. The number of likely N-dealkylation sites (tertiary alicyclic amines) is 1. The van der Waals surface area contributed by atoms with Gasteiger partial charge in [-0.15, -0.1) is 0 Å². The van der Waals surface area contributed by atoms with Gasteiger partial charge in [0.25, 0.3) is 0 Å². The Morgan fingerprint density at radius 3 is 2.64 bits per heavy atom. The summed E-state index contributed by atoms with van der Waals surface area (Å²) in [6, 6.07) is 14.4. The van der Waals surface area contributed by atoms with Gasteiger partial charge in [0.15, 0.2) is 0 Å². The van der Waals surface area contributed by atoms with E-state index in [0.717, 1.165) is 54.7 Å². The van der Waals surface area contributed by atoms with Gasteiger partial charge < -0.3 is 15.2 Å². The molecule has 2 fully saturated rings. The second-order valence-electron chi connectivity index (χ2n) is 9.92. The van der Waals surface area contributed by atoms with Crippen LogP contribution in [-0.4, -0.2) is 34.0 Å². The third-order valence-corrected chi connectivity index (χ3v) is 8.02. The van der Waals surface area contributed by atoms with Gasteiger partial charge in [-0.25, -0.2) is 0 Å². The molecule has 1 aliphatic carbocycles. The molecule has 1 aliphatic heterocycles. The van der Waals surface area contributed by atoms with Crippen molar-refractivity contribution in [3.63, 3.8) is 0 Å². The molecule has 1 saturated heterocycles. The number of fused-ring (bicyclic) bond motifs is 1. The highest BCUT2D eigenvalue weighted by Gasteiger charge is 2.35. The van der Waals surface area contributed by atoms with Gasteiger partial charge in [-0.05, 0) is 67.9 Å². The highest BCUT2D eigenvalue weighted by molar-refractivity contribution is 6.31. The number of aromatic nitrogens is 1. The molecule has 1 saturated carbocycles. The minimum atomic E-state index is -0.353. The van der Waals surface area contributed by atoms with E-state index in [9.17, 15) is 4.79 Å². The van der Waals surface area contributed by atoms with E-state index in [1.807, 2.05) is 6.07 Å². The molecule has 0 unspecified atom stereocenters. The molecule has 3 aromatic rings. The monoisotopic (exact) mass is 463 g/mol. The van der Waals surface area contributed by atoms with Crippen LogP contribution in [0.3, 0.4) is 0 Å². The third-order valence-electron chi connectivity index (χ3n) is 7.79. The first-order valence-corrected chi connectivity index (χ1v) is 12.8. The minimum absolute atomic E-state index is 0.156. The lowest BCUT2D eigenvalue weighted by Crippen LogP contribution is -2.50. The summed E-state index contributed by atoms with van der Waals surface area (Å²) in [6.07, 6.45) is 10.2. The SMILES string of the molecule is Cc1ccccc1-c1cn(C[C@@H]2CCCN2C(=O)[C@@H](N)C2CCCCC2)c2ccc(Cl)cc12. The molecule has 5 rings (SSSR count). The van der Waals surface area contributed by atoms with Crippen LogP contribution in [0.15, 0.2) is 48.7 Å². The fourth-order valence-corrected chi connectivity index (χ4v) is 6.11. The number of hydrogen-bond donors (Lipinski definition) is 1. The molecule has 2 N–H and O–H groups in total. The Bertz CT molecular complexity index is 1150. The third kappa shape index (κ3) is 4.43. The lowest BCUT2D eigenvalue weighted by atomic mass is 9.83. The van der Waals surface area contributed by atoms with Gasteiger partial charge >= 0.3 is 0 Å². The zero-order chi connectivity index (χ0) is 22.9. The Morgan fingerprint density at radius 2 is 1.85 bits per heavy atom. The minimum Gasteiger partial charge on any atom is -0.345 e. The molecule has 4 nitrogen and oxygen atoms in total. The Balaban J connectivity index is 1.44. The quantitative estimate of drug-likeness (QED) is 0.492. The van der Waals surface area contributed by atoms with E-state index in [0.29, 0.717) is 5.92 Å². The Hall–Kier alpha value is -2.30. The Morgan fingerprint density at radius 1 is 1.06 bits per heavy atom. The van der Waals surface area contributed by atoms with Crippen molar-refractivity contribution in [1.82, 2.24) is 9.47 Å². The van der Waals surface area contributed by atoms with Gasteiger partial charge in [0.05, 0.1) is 6.04 Å². The molecule has 0 spiro atoms. The number of rotatable bonds is 5. The van der Waals surface area contributed by atoms with Gasteiger partial charge in [-0.2, -0.15) is 0 Å². The van der Waals surface area contributed by atoms with Crippen molar-refractivity contribution in [3.8, 4) is 11.1 Å². The van der Waals surface area contributed by atoms with Crippen LogP contribution in [0.2, 0.25) is 5.02 Å². The molecule has 1 aromatic heterocycles. The van der Waals surface area contributed by atoms with Crippen molar-refractivity contribution < 1.29 is 4.79 Å². The van der Waals surface area contributed by atoms with E-state index in [4.69, 9.17) is 17.3 Å². The van der Waals surface area contributed by atoms with E-state index in [1.54, 1.807) is 0 Å². The lowest BCUT2D eigenvalue weighted by molar-refractivity contribution is -0.135. The van der Waals surface area contributed by atoms with Gasteiger partial charge in [-0.3, -0.25) is 4.79 Å². The maximum absolute atomic E-state index is 13.4. The lowest BCUT2D eigenvalue weighted by Gasteiger charge is -2.32. The first kappa shape index (κ1) is 22.5. The highest BCUT2D eigenvalue weighted by Crippen LogP contribution is 2.35. The molecule has 0 bridgehead atoms. The first-order chi connectivity index (χ1) is 16.0. The highest BCUT2D eigenvalue weighted by atomic mass is 35.5. The number of aryl methyl sites for hydroxylation is 1. The van der Waals surface area contributed by atoms with Crippen LogP contribution in [0.4, 0.5) is 0 Å². The van der Waals surface area contributed by atoms with E-state index in [2.05, 4.69) is 59.0 Å². The molecular weight excluding hydrogens is 430 g/mol. The van der Waals surface area contributed by atoms with Crippen LogP contribution >= 0.6 is 11.6 Å². The molecule has 5 heteroatoms. The average molecular weight is 464 g/mol. The van der Waals surface area contributed by atoms with Crippen molar-refractivity contribution >= 4 is 28.4 Å². The number of nitrogens with two attached hydrogens (primary N) is 1. The maximum atomic E-state index is 13.4. The second kappa shape index (κ2) is 9.52. The smallest absolute Gasteiger partial charge is 0.240 e. The molecule has 2 aliphatic rings. The summed E-state index contributed by atoms with van der Waals surface area (Å²) in [4.78, 5) is 15.5. The maximum Gasteiger partial charge on any atom is 0.240 e. The molecule has 1 amide bonds. The van der Waals surface area contributed by atoms with Crippen molar-refractivity contribution in [2.75, 3.05) is 6.54 Å². The van der Waals surface area contributed by atoms with Crippen LogP contribution < -0.4 is 5.73 Å². The van der Waals surface area contributed by atoms with Crippen molar-refractivity contribution in [3.05, 3.63) is 59.2 Å². The predicted octanol–water partition coefficient (Wildman–Crippen LogP) is 6.17. The van der Waals surface area contributed by atoms with E-state index in [-0.39, 0.29) is 18.0 Å². The van der Waals surface area contributed by atoms with Crippen LogP contribution in [0.1, 0.15) is 50.5 Å². The number of hydrogen-bond acceptors (Lipinski definition) is 2. The van der Waals surface area contributed by atoms with Gasteiger partial charge in [0.2, 0.25) is 5.91 Å². The van der Waals surface area contributed by atoms with Crippen molar-refractivity contribution in [1.29, 1.82) is 0 Å². The number of halogens is 1. The van der Waals surface area contributed by atoms with Gasteiger partial charge in [-0.1, -0.05) is 55.1 Å². The van der Waals surface area contributed by atoms with Crippen molar-refractivity contribution in [2.24, 2.45) is 11.7 Å². The fourth-order valence-electron chi connectivity index (χ4n) is 5.94. The molecule has 0 radical (unpaired) electrons. The van der Waals surface area contributed by atoms with Crippen molar-refractivity contribution in [2.45, 2.75) is 70.5 Å². The van der Waals surface area contributed by atoms with Crippen LogP contribution in [0, 0.1) is 12.8 Å². The molecule has 2 atom stereocenters. The number of benzene rings is 2. The fraction of sp³-hybridized carbons (Fsp3) is 0.464. The normalized spacial score (nSPS) is 20.5. The summed E-state index contributed by atoms with van der Waals surface area (Å²) in [5.41, 5.74) is 11.3. The summed E-state index contributed by atoms with van der Waals surface area (Å²) >= 11 is 6.39. The molecular formula is C28H34ClN3O. The van der Waals surface area contributed by atoms with Crippen LogP contribution in [0.25, 0.3) is 22.0 Å². The molecule has 33 heavy (non-hydrogen) atoms. The van der Waals surface area contributed by atoms with Gasteiger partial charge in [0, 0.05) is 46.8 Å². The standard InChI is InChI=1S/C28H34ClN3O/c1-19-8-5-6-12-23(19)25-18-31(26-14-13-21(29)16-24(25)26)17-22-11-7-15-32(22)28(33)27(30)20-9-3-2-4-10-20/h5-6,8,12-14,16,18,20,22,27H,2-4,7,9-11,15,17,30H2,1H3/t22-,27-/m0/s1. The van der Waals surface area contributed by atoms with E-state index < -0.39 is 0 Å². The molecule has 2 aromatic carbocycles. The van der Waals surface area contributed by atoms with Gasteiger partial charge in [0.1, 0.15) is 0 Å². The topological polar surface area (TPSA) is 51.3 Å². The largest absolute Gasteiger partial charge is 0.345 e. The summed E-state index contributed by atoms with van der Waals surface area (Å²) in [6.45, 7) is 3.75. The van der Waals surface area contributed by atoms with E-state index in [1.165, 1.54) is 36.0 Å². The van der Waals surface area contributed by atoms with Crippen LogP contribution in [0.5, 0.6) is 0 Å². The number of nitrogens with zero attached hydrogens (tertiary/aromatic N) is 2. The average Bonchev–Trinajstić information content (AvgIpc) is 3.44. The second-order valence-corrected chi connectivity index (χ2v) is 10.4. The summed E-state index contributed by atoms with van der Waals surface area (Å²) < 4.78 is 2.32. The number of carbonyl (C=O) groups excluding carboxylic acids is 1. The Labute approximate surface area is 201 Å². The predicted molar refractivity (Wildman–Crippen MR) is 136 cm³/mol. The molecule has 2 heterocycles. The zero-order valence-corrected chi connectivity index (χ0v) is 20.2. The first-order valence-electron chi connectivity index (χ1n) is 12.4. The summed E-state index contributed by atoms with van der Waals surface area (Å²) in [5, 5.41) is 1.90. The summed E-state index contributed by atoms with van der Waals surface area (Å²) in [5.74, 6) is 0.498. The zero-order valence-electron chi connectivity index (χ0n) is 19.5. The van der Waals surface area contributed by atoms with Crippen LogP contribution in [-0.2, 0) is 11.3 Å². The number of carbonyl (C=O) groups is 1.